The largest absolute Gasteiger partial charge is 1.00 e. The van der Waals surface area contributed by atoms with Crippen LogP contribution in [0.2, 0.25) is 13.3 Å². The van der Waals surface area contributed by atoms with Gasteiger partial charge in [-0.25, -0.2) is 33.7 Å². The second-order valence-electron chi connectivity index (χ2n) is 25.8. The van der Waals surface area contributed by atoms with Gasteiger partial charge in [-0.1, -0.05) is 166 Å². The van der Waals surface area contributed by atoms with E-state index in [-0.39, 0.29) is 62.9 Å². The van der Waals surface area contributed by atoms with Gasteiger partial charge in [0.2, 0.25) is 0 Å². The Labute approximate surface area is 677 Å². The predicted molar refractivity (Wildman–Crippen MR) is 432 cm³/mol. The first kappa shape index (κ1) is 97.0. The van der Waals surface area contributed by atoms with Crippen LogP contribution >= 0.6 is 63.7 Å². The third kappa shape index (κ3) is 28.0. The molecular weight excluding hydrogens is 1840 g/mol. The van der Waals surface area contributed by atoms with Crippen LogP contribution in [0.25, 0.3) is 0 Å². The predicted octanol–water partition coefficient (Wildman–Crippen LogP) is 13.1. The van der Waals surface area contributed by atoms with Gasteiger partial charge in [-0.2, -0.15) is 0 Å². The summed E-state index contributed by atoms with van der Waals surface area (Å²) >= 11 is 8.48. The number of nitro benzene ring substituents is 3. The van der Waals surface area contributed by atoms with E-state index in [1.807, 2.05) is 42.5 Å². The van der Waals surface area contributed by atoms with E-state index in [9.17, 15) is 72.4 Å². The monoisotopic (exact) mass is 1930 g/mol. The molecule has 0 amide bonds. The van der Waals surface area contributed by atoms with Crippen LogP contribution in [-0.4, -0.2) is 132 Å². The van der Waals surface area contributed by atoms with Crippen molar-refractivity contribution in [3.63, 3.8) is 0 Å². The number of hydrogen-bond donors (Lipinski definition) is 1. The van der Waals surface area contributed by atoms with E-state index in [4.69, 9.17) is 14.5 Å². The van der Waals surface area contributed by atoms with Crippen LogP contribution in [0, 0.1) is 30.3 Å². The minimum absolute atomic E-state index is 0. The van der Waals surface area contributed by atoms with Crippen LogP contribution in [0.4, 0.5) is 22.7 Å². The molecule has 572 valence electrons. The molecule has 0 saturated heterocycles. The maximum Gasteiger partial charge on any atom is 1.00 e. The van der Waals surface area contributed by atoms with Gasteiger partial charge in [0.05, 0.1) is 35.6 Å². The Kier molecular flexibility index (Phi) is 40.5. The van der Waals surface area contributed by atoms with Gasteiger partial charge >= 0.3 is 196 Å². The van der Waals surface area contributed by atoms with E-state index in [1.165, 1.54) is 113 Å². The minimum atomic E-state index is -3.30. The van der Waals surface area contributed by atoms with Crippen LogP contribution in [0.5, 0.6) is 0 Å². The summed E-state index contributed by atoms with van der Waals surface area (Å²) in [6.07, 6.45) is 20.4. The molecule has 4 fully saturated rings. The number of nitrogen functional groups attached to an aromatic ring is 1. The molecule has 104 heavy (non-hydrogen) atoms. The zero-order valence-electron chi connectivity index (χ0n) is 60.4. The van der Waals surface area contributed by atoms with Crippen molar-refractivity contribution in [2.75, 3.05) is 53.9 Å². The third-order valence-electron chi connectivity index (χ3n) is 18.1. The summed E-state index contributed by atoms with van der Waals surface area (Å²) in [5.74, 6) is -0.301. The van der Waals surface area contributed by atoms with Crippen molar-refractivity contribution in [1.29, 1.82) is 0 Å². The average molecular weight is 1930 g/mol. The fourth-order valence-electron chi connectivity index (χ4n) is 12.1. The molecule has 1 atom stereocenters. The Bertz CT molecular complexity index is 4340. The smallest absolute Gasteiger partial charge is 0.773 e. The van der Waals surface area contributed by atoms with Crippen molar-refractivity contribution in [3.8, 4) is 0 Å². The summed E-state index contributed by atoms with van der Waals surface area (Å²) in [5.41, 5.74) is 10.4. The van der Waals surface area contributed by atoms with Crippen molar-refractivity contribution in [2.24, 2.45) is 0 Å². The van der Waals surface area contributed by atoms with E-state index in [1.54, 1.807) is 46.0 Å². The fourth-order valence-corrected chi connectivity index (χ4v) is 37.3. The number of nitrogens with two attached hydrogens (primary N) is 1. The van der Waals surface area contributed by atoms with Crippen LogP contribution in [0.1, 0.15) is 144 Å². The second-order valence-corrected chi connectivity index (χ2v) is 54.2. The Balaban J connectivity index is 0.000000422. The van der Waals surface area contributed by atoms with Gasteiger partial charge in [0, 0.05) is 80.5 Å². The SMILES string of the molecule is BrCCBr.CCC[CH2][Sn]([CH2]CCC)([CH2]CCC)[c]1ccccc1C1(S(C)(=O)=O)CC1.CS(=O)(=O)C1(c2ccccc2Br)CC1.CS(=O)(=O)C1(c2ccccc2N)CC1.CS(=O)(=O)C1(c2ccccc2[N+](=O)[O-])CC1.CS(=O)(=O)Cc1ccccc1[N+](=O)[O-].CS(=O)[O-].O=[N+]([O-])c1ccccc1CBr.[Na+]. The summed E-state index contributed by atoms with van der Waals surface area (Å²) in [5, 5.41) is 34.3. The topological polar surface area (TPSA) is 366 Å². The molecule has 22 nitrogen and oxygen atoms in total. The summed E-state index contributed by atoms with van der Waals surface area (Å²) in [4.78, 5) is 30.2. The maximum absolute atomic E-state index is 12.7. The Morgan fingerprint density at radius 3 is 1.07 bits per heavy atom. The number of benzene rings is 6. The summed E-state index contributed by atoms with van der Waals surface area (Å²) < 4.78 is 139. The molecular formula is C70H95Br4N4NaO18S6Sn. The van der Waals surface area contributed by atoms with Gasteiger partial charge in [0.25, 0.3) is 17.1 Å². The summed E-state index contributed by atoms with van der Waals surface area (Å²) in [7, 11) is -15.6. The van der Waals surface area contributed by atoms with Crippen LogP contribution < -0.4 is 38.9 Å². The van der Waals surface area contributed by atoms with Crippen LogP contribution in [-0.2, 0) is 90.3 Å². The van der Waals surface area contributed by atoms with Crippen molar-refractivity contribution in [1.82, 2.24) is 0 Å². The number of anilines is 1. The van der Waals surface area contributed by atoms with Crippen molar-refractivity contribution >= 4 is 169 Å². The van der Waals surface area contributed by atoms with E-state index in [2.05, 4.69) is 109 Å². The van der Waals surface area contributed by atoms with Crippen LogP contribution in [0.15, 0.2) is 150 Å². The number of rotatable bonds is 25. The maximum atomic E-state index is 12.7. The van der Waals surface area contributed by atoms with E-state index < -0.39 is 107 Å². The summed E-state index contributed by atoms with van der Waals surface area (Å²) in [6, 6.07) is 42.0. The molecule has 10 rings (SSSR count). The number of hydrogen-bond acceptors (Lipinski definition) is 19. The van der Waals surface area contributed by atoms with Gasteiger partial charge in [0.1, 0.15) is 4.75 Å². The number of halogens is 4. The molecule has 4 aliphatic carbocycles. The van der Waals surface area contributed by atoms with Crippen molar-refractivity contribution in [2.45, 2.75) is 154 Å². The standard InChI is InChI=1S/C10H11BrO2S.C10H11NO4S.C10H13NO2S.C10H11O2S.C8H9NO4S.C7H6BrNO2.3C4H9.C2H4Br2.CH4O2S.Na.Sn/c1-14(12,13)10(6-7-10)8-4-2-3-5-9(8)11;1-16(14,15)10(6-7-10)8-4-2-3-5-9(8)11(12)13;1-14(12,13)10(6-7-10)8-4-2-3-5-9(8)11;1-13(11,12)10(7-8-10)9-5-3-2-4-6-9;1-14(12,13)6-7-4-2-3-5-8(7)9(10)11;8-5-6-3-1-2-4-7(6)9(10)11;3*1-3-4-2;3-1-2-4;1-4(2)3;;/h2-5H,6-7H2,1H3;2-5H,6-7H2,1H3;2-5H,6-7,11H2,1H3;2-5H,7-8H2,1H3;2-5H,6H2,1H3;1-4H,5H2;3*1,3-4H2,2H3;1-2H2;1H3,(H,2,3);;/q;;;;;;;;;;;+1;/p-1. The first-order valence-electron chi connectivity index (χ1n) is 33.0. The number of sulfone groups is 5. The van der Waals surface area contributed by atoms with Gasteiger partial charge in [-0.15, -0.1) is 0 Å². The molecule has 6 aromatic carbocycles. The number of unbranched alkanes of at least 4 members (excludes halogenated alkanes) is 3. The number of nitro groups is 3. The van der Waals surface area contributed by atoms with Gasteiger partial charge in [-0.05, 0) is 68.0 Å². The molecule has 0 radical (unpaired) electrons. The molecule has 4 saturated carbocycles. The second kappa shape index (κ2) is 43.5. The molecule has 0 aliphatic heterocycles. The van der Waals surface area contributed by atoms with Crippen LogP contribution in [0.3, 0.4) is 0 Å². The summed E-state index contributed by atoms with van der Waals surface area (Å²) in [6.45, 7) is 6.88. The average Bonchev–Trinajstić information content (AvgIpc) is 1.57. The zero-order valence-corrected chi connectivity index (χ0v) is 76.5. The molecule has 0 bridgehead atoms. The van der Waals surface area contributed by atoms with E-state index in [0.717, 1.165) is 70.7 Å². The number of alkyl halides is 3. The van der Waals surface area contributed by atoms with Crippen molar-refractivity contribution < 1.29 is 95.2 Å². The Hall–Kier alpha value is -3.10. The van der Waals surface area contributed by atoms with Gasteiger partial charge in [0.15, 0.2) is 39.3 Å². The first-order chi connectivity index (χ1) is 48.0. The Morgan fingerprint density at radius 1 is 0.452 bits per heavy atom. The zero-order chi connectivity index (χ0) is 78.1. The van der Waals surface area contributed by atoms with E-state index in [0.29, 0.717) is 47.8 Å². The molecule has 4 aliphatic rings. The minimum Gasteiger partial charge on any atom is -0.773 e. The normalized spacial score (nSPS) is 15.5. The van der Waals surface area contributed by atoms with E-state index >= 15 is 0 Å². The molecule has 1 unspecified atom stereocenters. The molecule has 0 heterocycles. The molecule has 6 aromatic rings. The third-order valence-corrected chi connectivity index (χ3v) is 46.0. The molecule has 0 aromatic heterocycles. The first-order valence-corrected chi connectivity index (χ1v) is 55.8. The Morgan fingerprint density at radius 2 is 0.740 bits per heavy atom. The fraction of sp³-hybridized carbons (Fsp3) is 0.486. The number of para-hydroxylation sites is 4. The van der Waals surface area contributed by atoms with Gasteiger partial charge in [-0.3, -0.25) is 34.6 Å². The number of nitrogens with zero attached hydrogens (tertiary/aromatic N) is 3. The quantitative estimate of drug-likeness (QED) is 0.0139. The molecule has 0 spiro atoms. The van der Waals surface area contributed by atoms with Crippen molar-refractivity contribution in [3.05, 3.63) is 214 Å². The molecule has 34 heteroatoms. The van der Waals surface area contributed by atoms with Gasteiger partial charge < -0.3 is 10.3 Å². The molecule has 2 N–H and O–H groups in total.